The van der Waals surface area contributed by atoms with Gasteiger partial charge in [0.2, 0.25) is 17.7 Å². The second-order valence-electron chi connectivity index (χ2n) is 19.5. The average Bonchev–Trinajstić information content (AvgIpc) is 3.89. The number of nitrogens with zero attached hydrogens (tertiary/aromatic N) is 4. The van der Waals surface area contributed by atoms with Crippen LogP contribution >= 0.6 is 0 Å². The van der Waals surface area contributed by atoms with Gasteiger partial charge >= 0.3 is 0 Å². The number of ether oxygens (including phenoxy) is 1. The minimum Gasteiger partial charge on any atom is -0.384 e. The van der Waals surface area contributed by atoms with Crippen molar-refractivity contribution in [1.29, 1.82) is 0 Å². The first-order valence-electron chi connectivity index (χ1n) is 25.8. The molecule has 0 saturated carbocycles. The second kappa shape index (κ2) is 23.6. The van der Waals surface area contributed by atoms with Crippen LogP contribution in [0, 0.1) is 11.6 Å². The van der Waals surface area contributed by atoms with E-state index in [9.17, 15) is 37.5 Å². The molecule has 384 valence electrons. The van der Waals surface area contributed by atoms with E-state index in [1.54, 1.807) is 18.2 Å². The van der Waals surface area contributed by atoms with Gasteiger partial charge in [0.1, 0.15) is 17.7 Å². The Morgan fingerprint density at radius 2 is 1.47 bits per heavy atom. The third-order valence-electron chi connectivity index (χ3n) is 14.4. The Hall–Kier alpha value is -7.21. The van der Waals surface area contributed by atoms with Crippen LogP contribution < -0.4 is 26.2 Å². The van der Waals surface area contributed by atoms with Gasteiger partial charge in [-0.1, -0.05) is 57.1 Å². The Balaban J connectivity index is 0.679. The van der Waals surface area contributed by atoms with E-state index in [0.717, 1.165) is 92.8 Å². The molecule has 1 unspecified atom stereocenters. The van der Waals surface area contributed by atoms with E-state index >= 15 is 0 Å². The number of carbonyl (C=O) groups excluding carboxylic acids is 6. The van der Waals surface area contributed by atoms with Crippen LogP contribution in [0.4, 0.5) is 31.7 Å². The van der Waals surface area contributed by atoms with Gasteiger partial charge in [0.15, 0.2) is 5.82 Å². The number of aromatic amines is 1. The molecule has 6 amide bonds. The van der Waals surface area contributed by atoms with Gasteiger partial charge in [-0.2, -0.15) is 5.10 Å². The maximum Gasteiger partial charge on any atom is 0.264 e. The maximum absolute atomic E-state index is 14.0. The van der Waals surface area contributed by atoms with E-state index in [1.165, 1.54) is 12.1 Å². The molecule has 16 nitrogen and oxygen atoms in total. The number of halogens is 2. The lowest BCUT2D eigenvalue weighted by atomic mass is 10.0. The summed E-state index contributed by atoms with van der Waals surface area (Å²) in [5.41, 5.74) is 5.27. The molecule has 1 atom stereocenters. The predicted octanol–water partition coefficient (Wildman–Crippen LogP) is 8.34. The molecule has 4 aromatic carbocycles. The number of piperazine rings is 1. The Morgan fingerprint density at radius 3 is 2.21 bits per heavy atom. The molecule has 5 N–H and O–H groups in total. The lowest BCUT2D eigenvalue weighted by molar-refractivity contribution is -0.136. The molecular weight excluding hydrogens is 937 g/mol. The summed E-state index contributed by atoms with van der Waals surface area (Å²) in [6, 6.07) is 19.0. The summed E-state index contributed by atoms with van der Waals surface area (Å²) in [6.45, 7) is 4.51. The normalized spacial score (nSPS) is 17.3. The van der Waals surface area contributed by atoms with Crippen molar-refractivity contribution in [3.63, 3.8) is 0 Å². The number of aromatic nitrogens is 2. The number of H-pyrrole nitrogens is 1. The van der Waals surface area contributed by atoms with Crippen LogP contribution in [-0.4, -0.2) is 113 Å². The highest BCUT2D eigenvalue weighted by Crippen LogP contribution is 2.33. The number of anilines is 4. The van der Waals surface area contributed by atoms with Crippen molar-refractivity contribution < 1.29 is 42.3 Å². The van der Waals surface area contributed by atoms with E-state index in [-0.39, 0.29) is 41.8 Å². The van der Waals surface area contributed by atoms with E-state index in [4.69, 9.17) is 4.74 Å². The van der Waals surface area contributed by atoms with Gasteiger partial charge in [0, 0.05) is 93.3 Å². The van der Waals surface area contributed by atoms with Crippen molar-refractivity contribution in [3.05, 3.63) is 112 Å². The van der Waals surface area contributed by atoms with E-state index < -0.39 is 41.3 Å². The van der Waals surface area contributed by atoms with Crippen LogP contribution in [0.25, 0.3) is 10.9 Å². The number of unbranched alkanes of at least 4 members (excludes halogenated alkanes) is 8. The third kappa shape index (κ3) is 12.4. The molecule has 3 saturated heterocycles. The number of hydrogen-bond acceptors (Lipinski definition) is 11. The molecule has 0 spiro atoms. The van der Waals surface area contributed by atoms with Gasteiger partial charge in [-0.3, -0.25) is 44.1 Å². The summed E-state index contributed by atoms with van der Waals surface area (Å²) < 4.78 is 33.4. The zero-order valence-corrected chi connectivity index (χ0v) is 41.0. The van der Waals surface area contributed by atoms with Gasteiger partial charge < -0.3 is 30.5 Å². The monoisotopic (exact) mass is 999 g/mol. The molecule has 5 heterocycles. The first-order valence-corrected chi connectivity index (χ1v) is 25.8. The molecule has 9 rings (SSSR count). The summed E-state index contributed by atoms with van der Waals surface area (Å²) in [4.78, 5) is 83.0. The lowest BCUT2D eigenvalue weighted by Gasteiger charge is -2.36. The van der Waals surface area contributed by atoms with E-state index in [0.29, 0.717) is 98.0 Å². The number of nitrogens with one attached hydrogen (secondary N) is 5. The van der Waals surface area contributed by atoms with Gasteiger partial charge in [0.25, 0.3) is 17.7 Å². The fourth-order valence-corrected chi connectivity index (χ4v) is 10.4. The molecule has 4 aliphatic heterocycles. The Labute approximate surface area is 422 Å². The fourth-order valence-electron chi connectivity index (χ4n) is 10.4. The third-order valence-corrected chi connectivity index (χ3v) is 14.4. The maximum atomic E-state index is 14.0. The number of amides is 6. The number of benzene rings is 4. The number of carbonyl (C=O) groups is 6. The minimum absolute atomic E-state index is 0.0775. The highest BCUT2D eigenvalue weighted by atomic mass is 19.1. The van der Waals surface area contributed by atoms with Crippen molar-refractivity contribution in [1.82, 2.24) is 25.3 Å². The highest BCUT2D eigenvalue weighted by Gasteiger charge is 2.45. The molecule has 5 aromatic rings. The van der Waals surface area contributed by atoms with Crippen molar-refractivity contribution in [2.24, 2.45) is 0 Å². The SMILES string of the molecule is O=C1CCC(N2C(=O)c3cccc(NCCCCCCCCCCCC(=O)N4CCN(c5ccc(C(=O)Nc6n[nH]c7ccc(Cc8cc(F)cc(F)c8)cc67)c(NC6CCOCC6)c5)CC4)c3C2=O)C(=O)N1. The summed E-state index contributed by atoms with van der Waals surface area (Å²) in [6.07, 6.45) is 12.0. The Bertz CT molecular complexity index is 2840. The van der Waals surface area contributed by atoms with Crippen LogP contribution in [0.2, 0.25) is 0 Å². The smallest absolute Gasteiger partial charge is 0.264 e. The van der Waals surface area contributed by atoms with Gasteiger partial charge in [-0.05, 0) is 104 Å². The first-order chi connectivity index (χ1) is 35.5. The number of imide groups is 2. The molecule has 3 fully saturated rings. The minimum atomic E-state index is -0.993. The summed E-state index contributed by atoms with van der Waals surface area (Å²) >= 11 is 0. The highest BCUT2D eigenvalue weighted by molar-refractivity contribution is 6.25. The van der Waals surface area contributed by atoms with Crippen molar-refractivity contribution in [2.75, 3.05) is 66.8 Å². The van der Waals surface area contributed by atoms with E-state index in [1.807, 2.05) is 41.3 Å². The molecule has 4 aliphatic rings. The van der Waals surface area contributed by atoms with Crippen LogP contribution in [0.5, 0.6) is 0 Å². The lowest BCUT2D eigenvalue weighted by Crippen LogP contribution is -2.54. The van der Waals surface area contributed by atoms with Crippen molar-refractivity contribution in [3.8, 4) is 0 Å². The standard InChI is InChI=1S/C55H63F2N9O7/c56-37-30-36(31-38(57)33-37)29-35-14-17-44-43(32-35)51(63-62-44)61-52(69)41-16-15-40(34-46(41)59-39-20-27-73-28-21-39)64-23-25-65(26-24-64)49(68)13-8-6-4-2-1-3-5-7-9-22-58-45-12-10-11-42-50(45)55(72)66(54(42)71)47-18-19-48(67)60-53(47)70/h10-12,14-17,30-34,39,47,58-59H,1-9,13,18-29H2,(H,60,67,70)(H2,61,62,63,69). The Kier molecular flexibility index (Phi) is 16.4. The number of fused-ring (bicyclic) bond motifs is 2. The molecule has 73 heavy (non-hydrogen) atoms. The summed E-state index contributed by atoms with van der Waals surface area (Å²) in [5.74, 6) is -3.12. The van der Waals surface area contributed by atoms with Gasteiger partial charge in [-0.15, -0.1) is 0 Å². The zero-order valence-electron chi connectivity index (χ0n) is 41.0. The molecule has 18 heteroatoms. The topological polar surface area (TPSA) is 198 Å². The average molecular weight is 1000 g/mol. The Morgan fingerprint density at radius 1 is 0.740 bits per heavy atom. The van der Waals surface area contributed by atoms with Crippen LogP contribution in [0.3, 0.4) is 0 Å². The van der Waals surface area contributed by atoms with Gasteiger partial charge in [0.05, 0.1) is 22.2 Å². The second-order valence-corrected chi connectivity index (χ2v) is 19.5. The summed E-state index contributed by atoms with van der Waals surface area (Å²) in [7, 11) is 0. The zero-order chi connectivity index (χ0) is 50.8. The van der Waals surface area contributed by atoms with Crippen molar-refractivity contribution in [2.45, 2.75) is 108 Å². The van der Waals surface area contributed by atoms with Crippen LogP contribution in [0.15, 0.2) is 72.8 Å². The largest absolute Gasteiger partial charge is 0.384 e. The van der Waals surface area contributed by atoms with Crippen molar-refractivity contribution >= 4 is 69.2 Å². The quantitative estimate of drug-likeness (QED) is 0.0350. The molecular formula is C55H63F2N9O7. The van der Waals surface area contributed by atoms with Crippen LogP contribution in [0.1, 0.15) is 132 Å². The molecule has 0 radical (unpaired) electrons. The molecule has 0 aliphatic carbocycles. The predicted molar refractivity (Wildman–Crippen MR) is 274 cm³/mol. The molecule has 1 aromatic heterocycles. The first kappa shape index (κ1) is 50.7. The van der Waals surface area contributed by atoms with Crippen LogP contribution in [-0.2, 0) is 25.5 Å². The fraction of sp³-hybridized carbons (Fsp3) is 0.436. The number of rotatable bonds is 21. The number of piperidine rings is 1. The number of hydrogen-bond donors (Lipinski definition) is 5. The summed E-state index contributed by atoms with van der Waals surface area (Å²) in [5, 5.41) is 20.2. The van der Waals surface area contributed by atoms with Gasteiger partial charge in [-0.25, -0.2) is 8.78 Å². The molecule has 0 bridgehead atoms. The van der Waals surface area contributed by atoms with E-state index in [2.05, 4.69) is 36.4 Å².